The minimum atomic E-state index is -0.627. The lowest BCUT2D eigenvalue weighted by molar-refractivity contribution is -0.159. The molecule has 130 valence electrons. The molecule has 1 amide bonds. The smallest absolute Gasteiger partial charge is 0.315 e. The van der Waals surface area contributed by atoms with Crippen molar-refractivity contribution in [2.45, 2.75) is 25.7 Å². The van der Waals surface area contributed by atoms with Crippen LogP contribution in [0.5, 0.6) is 0 Å². The third-order valence-corrected chi connectivity index (χ3v) is 3.57. The summed E-state index contributed by atoms with van der Waals surface area (Å²) in [5, 5.41) is 2.62. The monoisotopic (exact) mass is 339 g/mol. The Kier molecular flexibility index (Phi) is 7.38. The number of ether oxygens (including phenoxy) is 1. The van der Waals surface area contributed by atoms with Gasteiger partial charge in [-0.25, -0.2) is 0 Å². The number of nitrogens with one attached hydrogen (secondary N) is 1. The van der Waals surface area contributed by atoms with Gasteiger partial charge in [0, 0.05) is 18.5 Å². The molecule has 0 saturated heterocycles. The largest absolute Gasteiger partial charge is 0.393 e. The van der Waals surface area contributed by atoms with Crippen LogP contribution in [0.25, 0.3) is 0 Å². The second-order valence-electron chi connectivity index (χ2n) is 5.56. The van der Waals surface area contributed by atoms with E-state index in [1.165, 1.54) is 0 Å². The molecule has 2 aromatic carbocycles. The number of rotatable bonds is 8. The van der Waals surface area contributed by atoms with Crippen molar-refractivity contribution < 1.29 is 19.1 Å². The molecule has 0 aliphatic carbocycles. The molecular formula is C20H21NO4. The molecule has 0 aromatic heterocycles. The number of carbonyl (C=O) groups is 3. The van der Waals surface area contributed by atoms with Crippen molar-refractivity contribution in [3.63, 3.8) is 0 Å². The van der Waals surface area contributed by atoms with Crippen molar-refractivity contribution in [1.29, 1.82) is 0 Å². The van der Waals surface area contributed by atoms with Crippen molar-refractivity contribution >= 4 is 17.8 Å². The molecule has 0 spiro atoms. The van der Waals surface area contributed by atoms with Crippen LogP contribution in [0.15, 0.2) is 60.7 Å². The molecule has 2 aromatic rings. The number of amides is 1. The molecule has 0 saturated carbocycles. The standard InChI is InChI=1S/C20H21NO4/c22-18(13-7-10-16-8-3-1-4-9-16)25-19(23)14-15-21-20(24)17-11-5-2-6-12-17/h1-6,8-9,11-12H,7,10,13-15H2,(H,21,24). The fourth-order valence-electron chi connectivity index (χ4n) is 2.28. The third kappa shape index (κ3) is 6.99. The van der Waals surface area contributed by atoms with Crippen LogP contribution in [0.3, 0.4) is 0 Å². The van der Waals surface area contributed by atoms with Crippen molar-refractivity contribution in [1.82, 2.24) is 5.32 Å². The van der Waals surface area contributed by atoms with Crippen molar-refractivity contribution in [2.75, 3.05) is 6.54 Å². The van der Waals surface area contributed by atoms with E-state index in [2.05, 4.69) is 5.32 Å². The number of benzene rings is 2. The van der Waals surface area contributed by atoms with E-state index in [-0.39, 0.29) is 25.3 Å². The van der Waals surface area contributed by atoms with E-state index in [4.69, 9.17) is 4.74 Å². The molecular weight excluding hydrogens is 318 g/mol. The summed E-state index contributed by atoms with van der Waals surface area (Å²) >= 11 is 0. The van der Waals surface area contributed by atoms with Gasteiger partial charge >= 0.3 is 11.9 Å². The van der Waals surface area contributed by atoms with Crippen LogP contribution in [0.4, 0.5) is 0 Å². The summed E-state index contributed by atoms with van der Waals surface area (Å²) in [5.41, 5.74) is 1.66. The summed E-state index contributed by atoms with van der Waals surface area (Å²) in [5.74, 6) is -1.42. The Bertz CT molecular complexity index is 698. The SMILES string of the molecule is O=C(CCCc1ccccc1)OC(=O)CCNC(=O)c1ccccc1. The van der Waals surface area contributed by atoms with Crippen LogP contribution in [-0.2, 0) is 20.7 Å². The molecule has 25 heavy (non-hydrogen) atoms. The maximum Gasteiger partial charge on any atom is 0.315 e. The van der Waals surface area contributed by atoms with Gasteiger partial charge in [-0.15, -0.1) is 0 Å². The van der Waals surface area contributed by atoms with Gasteiger partial charge in [-0.1, -0.05) is 48.5 Å². The lowest BCUT2D eigenvalue weighted by Crippen LogP contribution is -2.27. The lowest BCUT2D eigenvalue weighted by Gasteiger charge is -2.05. The van der Waals surface area contributed by atoms with Gasteiger partial charge in [0.25, 0.3) is 5.91 Å². The van der Waals surface area contributed by atoms with Crippen LogP contribution < -0.4 is 5.32 Å². The topological polar surface area (TPSA) is 72.5 Å². The first-order chi connectivity index (χ1) is 12.1. The quantitative estimate of drug-likeness (QED) is 0.593. The van der Waals surface area contributed by atoms with Gasteiger partial charge in [0.05, 0.1) is 6.42 Å². The molecule has 0 aliphatic rings. The molecule has 1 N–H and O–H groups in total. The highest BCUT2D eigenvalue weighted by molar-refractivity contribution is 5.94. The highest BCUT2D eigenvalue weighted by Crippen LogP contribution is 2.05. The Balaban J connectivity index is 1.59. The van der Waals surface area contributed by atoms with Gasteiger partial charge in [0.2, 0.25) is 0 Å². The zero-order valence-electron chi connectivity index (χ0n) is 13.9. The van der Waals surface area contributed by atoms with Gasteiger partial charge in [-0.2, -0.15) is 0 Å². The van der Waals surface area contributed by atoms with E-state index in [9.17, 15) is 14.4 Å². The van der Waals surface area contributed by atoms with Gasteiger partial charge in [0.15, 0.2) is 0 Å². The fourth-order valence-corrected chi connectivity index (χ4v) is 2.28. The Morgan fingerprint density at radius 1 is 0.800 bits per heavy atom. The van der Waals surface area contributed by atoms with E-state index in [1.54, 1.807) is 24.3 Å². The lowest BCUT2D eigenvalue weighted by atomic mass is 10.1. The van der Waals surface area contributed by atoms with Crippen LogP contribution in [0.2, 0.25) is 0 Å². The van der Waals surface area contributed by atoms with Crippen LogP contribution >= 0.6 is 0 Å². The summed E-state index contributed by atoms with van der Waals surface area (Å²) in [7, 11) is 0. The molecule has 2 rings (SSSR count). The number of hydrogen-bond acceptors (Lipinski definition) is 4. The number of carbonyl (C=O) groups excluding carboxylic acids is 3. The summed E-state index contributed by atoms with van der Waals surface area (Å²) in [6.45, 7) is 0.129. The third-order valence-electron chi connectivity index (χ3n) is 3.57. The normalized spacial score (nSPS) is 10.1. The van der Waals surface area contributed by atoms with E-state index >= 15 is 0 Å². The van der Waals surface area contributed by atoms with Gasteiger partial charge in [-0.3, -0.25) is 14.4 Å². The number of aryl methyl sites for hydroxylation is 1. The van der Waals surface area contributed by atoms with Crippen LogP contribution in [0, 0.1) is 0 Å². The van der Waals surface area contributed by atoms with Gasteiger partial charge in [0.1, 0.15) is 0 Å². The molecule has 0 aliphatic heterocycles. The Morgan fingerprint density at radius 3 is 2.08 bits per heavy atom. The van der Waals surface area contributed by atoms with E-state index in [0.29, 0.717) is 12.0 Å². The summed E-state index contributed by atoms with van der Waals surface area (Å²) < 4.78 is 4.75. The van der Waals surface area contributed by atoms with E-state index < -0.39 is 11.9 Å². The van der Waals surface area contributed by atoms with Crippen molar-refractivity contribution in [3.05, 3.63) is 71.8 Å². The Hall–Kier alpha value is -2.95. The molecule has 0 radical (unpaired) electrons. The zero-order valence-corrected chi connectivity index (χ0v) is 13.9. The molecule has 0 heterocycles. The molecule has 0 bridgehead atoms. The predicted octanol–water partition coefficient (Wildman–Crippen LogP) is 2.90. The average Bonchev–Trinajstić information content (AvgIpc) is 2.63. The summed E-state index contributed by atoms with van der Waals surface area (Å²) in [6.07, 6.45) is 1.54. The highest BCUT2D eigenvalue weighted by Gasteiger charge is 2.11. The molecule has 5 heteroatoms. The van der Waals surface area contributed by atoms with Gasteiger partial charge < -0.3 is 10.1 Å². The minimum Gasteiger partial charge on any atom is -0.393 e. The molecule has 0 atom stereocenters. The Morgan fingerprint density at radius 2 is 1.40 bits per heavy atom. The Labute approximate surface area is 147 Å². The molecule has 0 unspecified atom stereocenters. The van der Waals surface area contributed by atoms with Gasteiger partial charge in [-0.05, 0) is 30.5 Å². The minimum absolute atomic E-state index is 0.0387. The maximum absolute atomic E-state index is 11.8. The first-order valence-corrected chi connectivity index (χ1v) is 8.26. The van der Waals surface area contributed by atoms with Crippen LogP contribution in [0.1, 0.15) is 35.2 Å². The fraction of sp³-hybridized carbons (Fsp3) is 0.250. The summed E-state index contributed by atoms with van der Waals surface area (Å²) in [4.78, 5) is 35.0. The molecule has 0 fully saturated rings. The van der Waals surface area contributed by atoms with E-state index in [1.807, 2.05) is 36.4 Å². The molecule has 5 nitrogen and oxygen atoms in total. The predicted molar refractivity (Wildman–Crippen MR) is 93.9 cm³/mol. The number of hydrogen-bond donors (Lipinski definition) is 1. The maximum atomic E-state index is 11.8. The van der Waals surface area contributed by atoms with Crippen molar-refractivity contribution in [3.8, 4) is 0 Å². The highest BCUT2D eigenvalue weighted by atomic mass is 16.6. The van der Waals surface area contributed by atoms with E-state index in [0.717, 1.165) is 12.0 Å². The second-order valence-corrected chi connectivity index (χ2v) is 5.56. The zero-order chi connectivity index (χ0) is 17.9. The van der Waals surface area contributed by atoms with Crippen LogP contribution in [-0.4, -0.2) is 24.4 Å². The number of esters is 2. The summed E-state index contributed by atoms with van der Waals surface area (Å²) in [6, 6.07) is 18.5. The average molecular weight is 339 g/mol. The first-order valence-electron chi connectivity index (χ1n) is 8.26. The van der Waals surface area contributed by atoms with Crippen molar-refractivity contribution in [2.24, 2.45) is 0 Å². The second kappa shape index (κ2) is 10.0. The first kappa shape index (κ1) is 18.4.